The van der Waals surface area contributed by atoms with E-state index in [0.717, 1.165) is 22.3 Å². The van der Waals surface area contributed by atoms with E-state index in [1.807, 2.05) is 13.0 Å². The third-order valence-electron chi connectivity index (χ3n) is 7.26. The molecule has 4 aromatic rings. The number of hydrogen-bond acceptors (Lipinski definition) is 11. The van der Waals surface area contributed by atoms with Crippen molar-refractivity contribution >= 4 is 33.5 Å². The highest BCUT2D eigenvalue weighted by Crippen LogP contribution is 2.33. The number of aryl methyl sites for hydroxylation is 1. The molecule has 3 heterocycles. The maximum absolute atomic E-state index is 14.4. The summed E-state index contributed by atoms with van der Waals surface area (Å²) >= 11 is 1.14. The zero-order valence-electron chi connectivity index (χ0n) is 25.9. The Morgan fingerprint density at radius 2 is 1.80 bits per heavy atom. The molecule has 0 radical (unpaired) electrons. The van der Waals surface area contributed by atoms with Crippen LogP contribution in [-0.4, -0.2) is 55.9 Å². The van der Waals surface area contributed by atoms with Crippen LogP contribution in [0, 0.1) is 18.3 Å². The molecule has 0 bridgehead atoms. The van der Waals surface area contributed by atoms with Gasteiger partial charge in [-0.1, -0.05) is 42.9 Å². The molecule has 14 heteroatoms. The van der Waals surface area contributed by atoms with Crippen LogP contribution >= 0.6 is 11.3 Å². The fourth-order valence-electron chi connectivity index (χ4n) is 4.90. The molecule has 0 spiro atoms. The van der Waals surface area contributed by atoms with Gasteiger partial charge in [0.2, 0.25) is 0 Å². The molecule has 0 aliphatic carbocycles. The number of ether oxygens (including phenoxy) is 3. The summed E-state index contributed by atoms with van der Waals surface area (Å²) in [5, 5.41) is 18.3. The fraction of sp³-hybridized carbons (Fsp3) is 0.452. The lowest BCUT2D eigenvalue weighted by molar-refractivity contribution is -0.153. The van der Waals surface area contributed by atoms with Gasteiger partial charge in [-0.25, -0.2) is 19.0 Å². The van der Waals surface area contributed by atoms with Crippen LogP contribution in [-0.2, 0) is 31.1 Å². The first-order valence-electron chi connectivity index (χ1n) is 14.7. The molecule has 1 aromatic carbocycles. The van der Waals surface area contributed by atoms with Gasteiger partial charge >= 0.3 is 17.6 Å². The van der Waals surface area contributed by atoms with Crippen LogP contribution in [0.3, 0.4) is 0 Å². The van der Waals surface area contributed by atoms with Gasteiger partial charge < -0.3 is 14.2 Å². The summed E-state index contributed by atoms with van der Waals surface area (Å²) in [4.78, 5) is 56.4. The van der Waals surface area contributed by atoms with Crippen LogP contribution in [0.25, 0.3) is 15.2 Å². The van der Waals surface area contributed by atoms with Gasteiger partial charge in [-0.15, -0.1) is 4.80 Å². The summed E-state index contributed by atoms with van der Waals surface area (Å²) in [5.41, 5.74) is -1.91. The number of nitriles is 1. The zero-order chi connectivity index (χ0) is 32.7. The van der Waals surface area contributed by atoms with Crippen LogP contribution in [0.5, 0.6) is 0 Å². The van der Waals surface area contributed by atoms with E-state index in [9.17, 15) is 24.4 Å². The van der Waals surface area contributed by atoms with Gasteiger partial charge in [0.15, 0.2) is 0 Å². The predicted octanol–water partition coefficient (Wildman–Crippen LogP) is 4.04. The number of thiophene rings is 1. The van der Waals surface area contributed by atoms with Crippen LogP contribution in [0.4, 0.5) is 0 Å². The summed E-state index contributed by atoms with van der Waals surface area (Å²) in [5.74, 6) is -1.29. The molecule has 0 unspecified atom stereocenters. The Kier molecular flexibility index (Phi) is 10.7. The van der Waals surface area contributed by atoms with Crippen LogP contribution in [0.1, 0.15) is 74.5 Å². The molecule has 238 valence electrons. The minimum atomic E-state index is -1.67. The lowest BCUT2D eigenvalue weighted by Crippen LogP contribution is -2.53. The summed E-state index contributed by atoms with van der Waals surface area (Å²) in [7, 11) is 0. The lowest BCUT2D eigenvalue weighted by Gasteiger charge is -2.27. The van der Waals surface area contributed by atoms with E-state index >= 15 is 0 Å². The summed E-state index contributed by atoms with van der Waals surface area (Å²) in [6.45, 7) is 8.46. The normalized spacial score (nSPS) is 12.2. The molecule has 0 aliphatic heterocycles. The molecule has 4 rings (SSSR count). The molecule has 0 saturated carbocycles. The highest BCUT2D eigenvalue weighted by molar-refractivity contribution is 7.21. The number of aromatic nitrogens is 5. The molecule has 1 atom stereocenters. The number of unbranched alkanes of at least 4 members (excludes halogenated alkanes) is 1. The molecule has 0 saturated heterocycles. The van der Waals surface area contributed by atoms with Crippen molar-refractivity contribution in [1.82, 2.24) is 24.1 Å². The highest BCUT2D eigenvalue weighted by atomic mass is 32.1. The van der Waals surface area contributed by atoms with Gasteiger partial charge in [-0.3, -0.25) is 9.36 Å². The Morgan fingerprint density at radius 1 is 1.09 bits per heavy atom. The van der Waals surface area contributed by atoms with Crippen molar-refractivity contribution in [3.63, 3.8) is 0 Å². The number of carbonyl (C=O) groups is 2. The minimum Gasteiger partial charge on any atom is -0.464 e. The highest BCUT2D eigenvalue weighted by Gasteiger charge is 2.37. The average molecular weight is 637 g/mol. The summed E-state index contributed by atoms with van der Waals surface area (Å²) in [6, 6.07) is 8.74. The molecule has 13 nitrogen and oxygen atoms in total. The van der Waals surface area contributed by atoms with E-state index in [1.54, 1.807) is 38.1 Å². The van der Waals surface area contributed by atoms with E-state index in [4.69, 9.17) is 14.2 Å². The topological polar surface area (TPSA) is 160 Å². The first-order valence-corrected chi connectivity index (χ1v) is 15.5. The number of benzene rings is 1. The zero-order valence-corrected chi connectivity index (χ0v) is 26.8. The van der Waals surface area contributed by atoms with Crippen molar-refractivity contribution in [2.45, 2.75) is 72.1 Å². The van der Waals surface area contributed by atoms with E-state index < -0.39 is 34.8 Å². The van der Waals surface area contributed by atoms with Crippen molar-refractivity contribution in [2.24, 2.45) is 0 Å². The van der Waals surface area contributed by atoms with Crippen molar-refractivity contribution in [3.8, 4) is 11.1 Å². The third-order valence-corrected chi connectivity index (χ3v) is 8.54. The van der Waals surface area contributed by atoms with Gasteiger partial charge in [0.05, 0.1) is 62.2 Å². The first kappa shape index (κ1) is 33.3. The Labute approximate surface area is 263 Å². The lowest BCUT2D eigenvalue weighted by atomic mass is 10.0. The summed E-state index contributed by atoms with van der Waals surface area (Å²) < 4.78 is 19.1. The molecule has 3 aromatic heterocycles. The van der Waals surface area contributed by atoms with Crippen molar-refractivity contribution in [3.05, 3.63) is 74.2 Å². The quantitative estimate of drug-likeness (QED) is 0.146. The van der Waals surface area contributed by atoms with Crippen LogP contribution < -0.4 is 11.2 Å². The van der Waals surface area contributed by atoms with Gasteiger partial charge in [0.25, 0.3) is 5.56 Å². The predicted molar refractivity (Wildman–Crippen MR) is 167 cm³/mol. The van der Waals surface area contributed by atoms with E-state index in [1.165, 1.54) is 35.6 Å². The van der Waals surface area contributed by atoms with E-state index in [0.29, 0.717) is 27.4 Å². The Morgan fingerprint density at radius 3 is 2.47 bits per heavy atom. The standard InChI is InChI=1S/C31H36N6O7S/c1-6-8-17-44-29(40)31(4,5)36-25(38)24-20(3)26(37-33-15-16-34-37)45-27(24)35(30(36)41)19-23(43-18-11-14-32)21-12-9-10-13-22(21)28(39)42-7-2/h9-10,12-13,15-16,23H,6-8,11,17-19H2,1-5H3/t23-/m0/s1. The number of fused-ring (bicyclic) bond motifs is 1. The molecule has 45 heavy (non-hydrogen) atoms. The Balaban J connectivity index is 1.98. The monoisotopic (exact) mass is 636 g/mol. The van der Waals surface area contributed by atoms with Gasteiger partial charge in [0, 0.05) is 5.56 Å². The number of nitrogens with zero attached hydrogens (tertiary/aromatic N) is 6. The SMILES string of the molecule is CCCCOC(=O)C(C)(C)n1c(=O)c2c(C)c(-n3nccn3)sc2n(C[C@H](OCCC#N)c2ccccc2C(=O)OCC)c1=O. The van der Waals surface area contributed by atoms with Gasteiger partial charge in [0.1, 0.15) is 21.5 Å². The van der Waals surface area contributed by atoms with Crippen molar-refractivity contribution < 1.29 is 23.8 Å². The second-order valence-corrected chi connectivity index (χ2v) is 11.7. The maximum Gasteiger partial charge on any atom is 0.338 e. The molecule has 0 N–H and O–H groups in total. The number of carbonyl (C=O) groups excluding carboxylic acids is 2. The van der Waals surface area contributed by atoms with Gasteiger partial charge in [-0.2, -0.15) is 15.5 Å². The second-order valence-electron chi connectivity index (χ2n) is 10.7. The largest absolute Gasteiger partial charge is 0.464 e. The summed E-state index contributed by atoms with van der Waals surface area (Å²) in [6.07, 6.45) is 3.56. The smallest absolute Gasteiger partial charge is 0.338 e. The van der Waals surface area contributed by atoms with Gasteiger partial charge in [-0.05, 0) is 45.7 Å². The molecular formula is C31H36N6O7S. The van der Waals surface area contributed by atoms with E-state index in [-0.39, 0.29) is 43.7 Å². The number of hydrogen-bond donors (Lipinski definition) is 0. The Hall–Kier alpha value is -4.61. The molecule has 0 fully saturated rings. The minimum absolute atomic E-state index is 0.0109. The maximum atomic E-state index is 14.4. The third kappa shape index (κ3) is 6.74. The number of rotatable bonds is 14. The molecule has 0 amide bonds. The van der Waals surface area contributed by atoms with E-state index in [2.05, 4.69) is 10.2 Å². The first-order chi connectivity index (χ1) is 21.6. The van der Waals surface area contributed by atoms with Crippen molar-refractivity contribution in [1.29, 1.82) is 5.26 Å². The van der Waals surface area contributed by atoms with Crippen molar-refractivity contribution in [2.75, 3.05) is 19.8 Å². The molecule has 0 aliphatic rings. The second kappa shape index (κ2) is 14.4. The molecular weight excluding hydrogens is 600 g/mol. The fourth-order valence-corrected chi connectivity index (χ4v) is 6.12. The average Bonchev–Trinajstić information content (AvgIpc) is 3.67. The van der Waals surface area contributed by atoms with Crippen LogP contribution in [0.15, 0.2) is 46.2 Å². The Bertz CT molecular complexity index is 1830. The number of esters is 2. The van der Waals surface area contributed by atoms with Crippen LogP contribution in [0.2, 0.25) is 0 Å².